The Bertz CT molecular complexity index is 60.6. The molecule has 6 N–H and O–H groups in total. The van der Waals surface area contributed by atoms with Crippen molar-refractivity contribution in [2.45, 2.75) is 15.8 Å². The van der Waals surface area contributed by atoms with E-state index in [1.807, 2.05) is 0 Å². The monoisotopic (exact) mass is 179 g/mol. The average Bonchev–Trinajstić information content (AvgIpc) is 1.90. The Morgan fingerprint density at radius 1 is 0.727 bits per heavy atom. The maximum atomic E-state index is 8.56. The normalized spacial score (nSPS) is 9.00. The van der Waals surface area contributed by atoms with E-state index in [9.17, 15) is 0 Å². The highest BCUT2D eigenvalue weighted by atomic mass is 27.2. The lowest BCUT2D eigenvalue weighted by atomic mass is 10.8. The summed E-state index contributed by atoms with van der Waals surface area (Å²) in [6, 6.07) is 0. The van der Waals surface area contributed by atoms with Crippen LogP contribution in [0.3, 0.4) is 0 Å². The summed E-state index contributed by atoms with van der Waals surface area (Å²) in [7, 11) is 0. The zero-order valence-electron chi connectivity index (χ0n) is 6.87. The van der Waals surface area contributed by atoms with E-state index in [-0.39, 0.29) is 26.0 Å². The summed E-state index contributed by atoms with van der Waals surface area (Å²) in [5.41, 5.74) is 0. The van der Waals surface area contributed by atoms with Crippen LogP contribution in [0.5, 0.6) is 0 Å². The van der Waals surface area contributed by atoms with Crippen LogP contribution in [0.2, 0.25) is 15.8 Å². The maximum Gasteiger partial charge on any atom is 0.270 e. The lowest BCUT2D eigenvalue weighted by Gasteiger charge is -2.04. The van der Waals surface area contributed by atoms with Gasteiger partial charge >= 0.3 is 0 Å². The Balaban J connectivity index is 0. The first-order valence-corrected chi connectivity index (χ1v) is 6.12. The summed E-state index contributed by atoms with van der Waals surface area (Å²) >= 11 is -0.984. The maximum absolute atomic E-state index is 8.56. The van der Waals surface area contributed by atoms with Gasteiger partial charge in [0, 0.05) is 19.8 Å². The van der Waals surface area contributed by atoms with Gasteiger partial charge in [-0.15, -0.1) is 0 Å². The van der Waals surface area contributed by atoms with Crippen LogP contribution in [0.25, 0.3) is 0 Å². The van der Waals surface area contributed by atoms with E-state index in [2.05, 4.69) is 0 Å². The molecule has 0 unspecified atom stereocenters. The molecular weight excluding hydrogens is 161 g/mol. The highest BCUT2D eigenvalue weighted by Gasteiger charge is 2.13. The molecule has 0 spiro atoms. The molecule has 0 aromatic heterocycles. The second-order valence-electron chi connectivity index (χ2n) is 2.40. The van der Waals surface area contributed by atoms with Crippen LogP contribution >= 0.6 is 0 Å². The summed E-state index contributed by atoms with van der Waals surface area (Å²) in [6.45, 7) is 0.616. The molecule has 0 atom stereocenters. The highest BCUT2D eigenvalue weighted by molar-refractivity contribution is 6.58. The fraction of sp³-hybridized carbons (Fsp3) is 1.00. The van der Waals surface area contributed by atoms with Gasteiger partial charge in [0.15, 0.2) is 0 Å². The van der Waals surface area contributed by atoms with E-state index < -0.39 is 14.1 Å². The van der Waals surface area contributed by atoms with Crippen molar-refractivity contribution in [3.63, 3.8) is 0 Å². The number of hydrogen-bond acceptors (Lipinski definition) is 4. The Morgan fingerprint density at radius 3 is 1.18 bits per heavy atom. The van der Waals surface area contributed by atoms with Gasteiger partial charge in [-0.05, 0) is 0 Å². The molecule has 0 saturated heterocycles. The van der Waals surface area contributed by atoms with E-state index in [4.69, 9.17) is 15.3 Å². The molecule has 5 heteroatoms. The van der Waals surface area contributed by atoms with Crippen molar-refractivity contribution in [1.82, 2.24) is 6.15 Å². The summed E-state index contributed by atoms with van der Waals surface area (Å²) in [5.74, 6) is 0. The highest BCUT2D eigenvalue weighted by Crippen LogP contribution is 2.03. The number of aliphatic hydroxyl groups excluding tert-OH is 3. The van der Waals surface area contributed by atoms with E-state index in [1.54, 1.807) is 0 Å². The fourth-order valence-corrected chi connectivity index (χ4v) is 2.94. The molecule has 0 aliphatic heterocycles. The van der Waals surface area contributed by atoms with Crippen LogP contribution in [0.4, 0.5) is 0 Å². The average molecular weight is 179 g/mol. The second kappa shape index (κ2) is 10.4. The molecule has 4 nitrogen and oxygen atoms in total. The molecule has 11 heavy (non-hydrogen) atoms. The number of hydrogen-bond donors (Lipinski definition) is 4. The molecule has 0 amide bonds. The molecule has 68 valence electrons. The van der Waals surface area contributed by atoms with E-state index in [0.717, 1.165) is 15.8 Å². The summed E-state index contributed by atoms with van der Waals surface area (Å²) in [5, 5.41) is 28.1. The van der Waals surface area contributed by atoms with Crippen LogP contribution in [0.1, 0.15) is 0 Å². The zero-order chi connectivity index (χ0) is 7.82. The van der Waals surface area contributed by atoms with Gasteiger partial charge in [0.2, 0.25) is 0 Å². The van der Waals surface area contributed by atoms with Gasteiger partial charge in [-0.2, -0.15) is 0 Å². The number of aliphatic hydroxyl groups is 3. The van der Waals surface area contributed by atoms with Gasteiger partial charge in [0.05, 0.1) is 0 Å². The zero-order valence-corrected chi connectivity index (χ0v) is 8.02. The number of rotatable bonds is 6. The molecule has 0 aliphatic rings. The van der Waals surface area contributed by atoms with Crippen LogP contribution in [-0.4, -0.2) is 49.3 Å². The predicted molar refractivity (Wildman–Crippen MR) is 46.5 cm³/mol. The Hall–Kier alpha value is 0.372. The molecule has 0 fully saturated rings. The smallest absolute Gasteiger partial charge is 0.270 e. The third kappa shape index (κ3) is 8.28. The van der Waals surface area contributed by atoms with Crippen LogP contribution in [0.15, 0.2) is 0 Å². The lowest BCUT2D eigenvalue weighted by molar-refractivity contribution is 0.301. The Labute approximate surface area is 71.8 Å². The van der Waals surface area contributed by atoms with Crippen molar-refractivity contribution in [3.8, 4) is 0 Å². The van der Waals surface area contributed by atoms with Crippen molar-refractivity contribution in [1.29, 1.82) is 0 Å². The van der Waals surface area contributed by atoms with Crippen molar-refractivity contribution in [3.05, 3.63) is 0 Å². The van der Waals surface area contributed by atoms with Crippen molar-refractivity contribution >= 4 is 14.1 Å². The van der Waals surface area contributed by atoms with Crippen molar-refractivity contribution in [2.75, 3.05) is 19.8 Å². The third-order valence-electron chi connectivity index (χ3n) is 1.61. The van der Waals surface area contributed by atoms with Gasteiger partial charge < -0.3 is 21.5 Å². The molecular formula is C6H18AlNO3. The molecule has 0 aromatic rings. The third-order valence-corrected chi connectivity index (χ3v) is 4.84. The van der Waals surface area contributed by atoms with Gasteiger partial charge in [-0.25, -0.2) is 0 Å². The van der Waals surface area contributed by atoms with Gasteiger partial charge in [-0.3, -0.25) is 0 Å². The Morgan fingerprint density at radius 2 is 1.00 bits per heavy atom. The van der Waals surface area contributed by atoms with Crippen molar-refractivity contribution in [2.24, 2.45) is 0 Å². The van der Waals surface area contributed by atoms with E-state index in [0.29, 0.717) is 0 Å². The lowest BCUT2D eigenvalue weighted by Crippen LogP contribution is -2.16. The minimum atomic E-state index is -0.984. The molecule has 0 rings (SSSR count). The minimum Gasteiger partial charge on any atom is -0.398 e. The molecule has 0 aliphatic carbocycles. The van der Waals surface area contributed by atoms with E-state index >= 15 is 0 Å². The van der Waals surface area contributed by atoms with Gasteiger partial charge in [-0.1, -0.05) is 15.8 Å². The summed E-state index contributed by atoms with van der Waals surface area (Å²) in [4.78, 5) is 0. The van der Waals surface area contributed by atoms with Crippen LogP contribution in [-0.2, 0) is 0 Å². The standard InChI is InChI=1S/3C2H5O.Al.H3N/c3*1-2-3;;/h3*3H,1-2H2;;1H3. The van der Waals surface area contributed by atoms with Gasteiger partial charge in [0.1, 0.15) is 0 Å². The summed E-state index contributed by atoms with van der Waals surface area (Å²) < 4.78 is 0. The van der Waals surface area contributed by atoms with Crippen molar-refractivity contribution < 1.29 is 15.3 Å². The topological polar surface area (TPSA) is 95.7 Å². The minimum absolute atomic E-state index is 0. The fourth-order valence-electron chi connectivity index (χ4n) is 0.981. The first-order chi connectivity index (χ1) is 4.85. The SMILES string of the molecule is N.OC[CH2][Al]([CH2]CO)[CH2]CO. The molecule has 0 aromatic carbocycles. The van der Waals surface area contributed by atoms with Crippen LogP contribution in [0, 0.1) is 0 Å². The first-order valence-electron chi connectivity index (χ1n) is 3.67. The largest absolute Gasteiger partial charge is 0.398 e. The van der Waals surface area contributed by atoms with E-state index in [1.165, 1.54) is 0 Å². The quantitative estimate of drug-likeness (QED) is 0.418. The second-order valence-corrected chi connectivity index (χ2v) is 5.87. The first kappa shape index (κ1) is 13.9. The predicted octanol–water partition coefficient (Wildman–Crippen LogP) is -0.380. The molecule has 0 bridgehead atoms. The molecule has 0 radical (unpaired) electrons. The Kier molecular flexibility index (Phi) is 13.1. The summed E-state index contributed by atoms with van der Waals surface area (Å²) in [6.07, 6.45) is 0. The molecule has 0 heterocycles. The van der Waals surface area contributed by atoms with Crippen LogP contribution < -0.4 is 6.15 Å². The molecule has 0 saturated carbocycles. The van der Waals surface area contributed by atoms with Gasteiger partial charge in [0.25, 0.3) is 14.1 Å².